The van der Waals surface area contributed by atoms with Crippen LogP contribution in [0.1, 0.15) is 11.1 Å². The molecular weight excluding hydrogens is 521 g/mol. The lowest BCUT2D eigenvalue weighted by Gasteiger charge is -2.25. The zero-order valence-electron chi connectivity index (χ0n) is 18.5. The quantitative estimate of drug-likeness (QED) is 0.275. The predicted molar refractivity (Wildman–Crippen MR) is 132 cm³/mol. The van der Waals surface area contributed by atoms with Crippen molar-refractivity contribution in [2.75, 3.05) is 23.1 Å². The molecule has 3 aromatic carbocycles. The molecule has 0 radical (unpaired) electrons. The normalized spacial score (nSPS) is 11.8. The minimum atomic E-state index is -4.73. The van der Waals surface area contributed by atoms with Crippen LogP contribution in [0.3, 0.4) is 0 Å². The van der Waals surface area contributed by atoms with E-state index in [0.717, 1.165) is 22.6 Å². The number of amides is 1. The predicted octanol–water partition coefficient (Wildman–Crippen LogP) is 5.77. The number of carbonyl (C=O) groups is 1. The minimum Gasteiger partial charge on any atom is -0.354 e. The Morgan fingerprint density at radius 2 is 1.69 bits per heavy atom. The molecule has 0 aliphatic rings. The second-order valence-electron chi connectivity index (χ2n) is 7.50. The molecule has 0 fully saturated rings. The van der Waals surface area contributed by atoms with E-state index in [1.165, 1.54) is 36.0 Å². The first-order valence-corrected chi connectivity index (χ1v) is 13.2. The maximum Gasteiger partial charge on any atom is 0.416 e. The standard InChI is InChI=1S/C24H22ClF3N2O3S2/c1-17-7-10-19(11-8-17)34-14-13-29-23(31)16-30(35(32,33)20-5-3-2-4-6-20)22-15-18(24(26,27)28)9-12-21(22)25/h2-12,15H,13-14,16H2,1H3,(H,29,31). The summed E-state index contributed by atoms with van der Waals surface area (Å²) in [5, 5.41) is 2.39. The third kappa shape index (κ3) is 7.16. The zero-order valence-corrected chi connectivity index (χ0v) is 20.9. The van der Waals surface area contributed by atoms with E-state index in [4.69, 9.17) is 11.6 Å². The molecule has 0 spiro atoms. The van der Waals surface area contributed by atoms with Gasteiger partial charge in [0.2, 0.25) is 5.91 Å². The molecule has 5 nitrogen and oxygen atoms in total. The first-order chi connectivity index (χ1) is 16.5. The Hall–Kier alpha value is -2.69. The van der Waals surface area contributed by atoms with Crippen LogP contribution in [0.4, 0.5) is 18.9 Å². The molecule has 0 heterocycles. The Kier molecular flexibility index (Phi) is 8.74. The zero-order chi connectivity index (χ0) is 25.6. The molecule has 3 aromatic rings. The second-order valence-corrected chi connectivity index (χ2v) is 10.9. The first-order valence-electron chi connectivity index (χ1n) is 10.4. The lowest BCUT2D eigenvalue weighted by Crippen LogP contribution is -2.41. The molecule has 0 aliphatic carbocycles. The molecule has 0 aromatic heterocycles. The van der Waals surface area contributed by atoms with E-state index in [-0.39, 0.29) is 16.5 Å². The van der Waals surface area contributed by atoms with Crippen molar-refractivity contribution in [1.82, 2.24) is 5.32 Å². The molecule has 0 aliphatic heterocycles. The van der Waals surface area contributed by atoms with Gasteiger partial charge in [0.1, 0.15) is 6.54 Å². The largest absolute Gasteiger partial charge is 0.416 e. The molecule has 0 saturated carbocycles. The van der Waals surface area contributed by atoms with Gasteiger partial charge < -0.3 is 5.32 Å². The number of sulfonamides is 1. The number of nitrogens with zero attached hydrogens (tertiary/aromatic N) is 1. The van der Waals surface area contributed by atoms with Crippen molar-refractivity contribution in [2.45, 2.75) is 22.9 Å². The number of carbonyl (C=O) groups excluding carboxylic acids is 1. The van der Waals surface area contributed by atoms with E-state index in [2.05, 4.69) is 5.32 Å². The number of nitrogens with one attached hydrogen (secondary N) is 1. The van der Waals surface area contributed by atoms with Gasteiger partial charge in [0.15, 0.2) is 0 Å². The molecule has 186 valence electrons. The Bertz CT molecular complexity index is 1270. The summed E-state index contributed by atoms with van der Waals surface area (Å²) in [4.78, 5) is 13.5. The van der Waals surface area contributed by atoms with E-state index < -0.39 is 39.9 Å². The van der Waals surface area contributed by atoms with E-state index >= 15 is 0 Å². The summed E-state index contributed by atoms with van der Waals surface area (Å²) in [6.45, 7) is 1.46. The number of anilines is 1. The molecule has 0 atom stereocenters. The maximum absolute atomic E-state index is 13.3. The van der Waals surface area contributed by atoms with E-state index in [0.29, 0.717) is 16.1 Å². The highest BCUT2D eigenvalue weighted by molar-refractivity contribution is 7.99. The average Bonchev–Trinajstić information content (AvgIpc) is 2.82. The summed E-state index contributed by atoms with van der Waals surface area (Å²) >= 11 is 7.62. The molecule has 3 rings (SSSR count). The van der Waals surface area contributed by atoms with Gasteiger partial charge >= 0.3 is 6.18 Å². The monoisotopic (exact) mass is 542 g/mol. The topological polar surface area (TPSA) is 66.5 Å². The highest BCUT2D eigenvalue weighted by Gasteiger charge is 2.34. The van der Waals surface area contributed by atoms with Crippen LogP contribution in [0.2, 0.25) is 5.02 Å². The van der Waals surface area contributed by atoms with Crippen molar-refractivity contribution in [1.29, 1.82) is 0 Å². The van der Waals surface area contributed by atoms with Gasteiger partial charge in [-0.25, -0.2) is 8.42 Å². The lowest BCUT2D eigenvalue weighted by atomic mass is 10.2. The third-order valence-corrected chi connectivity index (χ3v) is 7.98. The van der Waals surface area contributed by atoms with Gasteiger partial charge in [-0.3, -0.25) is 9.10 Å². The molecule has 1 N–H and O–H groups in total. The average molecular weight is 543 g/mol. The van der Waals surface area contributed by atoms with E-state index in [1.807, 2.05) is 31.2 Å². The number of hydrogen-bond acceptors (Lipinski definition) is 4. The number of alkyl halides is 3. The van der Waals surface area contributed by atoms with Crippen molar-refractivity contribution < 1.29 is 26.4 Å². The number of thioether (sulfide) groups is 1. The van der Waals surface area contributed by atoms with Crippen molar-refractivity contribution in [3.63, 3.8) is 0 Å². The Morgan fingerprint density at radius 1 is 1.03 bits per heavy atom. The van der Waals surface area contributed by atoms with Gasteiger partial charge in [0, 0.05) is 17.2 Å². The fourth-order valence-electron chi connectivity index (χ4n) is 3.08. The van der Waals surface area contributed by atoms with Crippen molar-refractivity contribution >= 4 is 45.0 Å². The number of rotatable bonds is 9. The van der Waals surface area contributed by atoms with Gasteiger partial charge in [-0.15, -0.1) is 11.8 Å². The van der Waals surface area contributed by atoms with Gasteiger partial charge in [0.25, 0.3) is 10.0 Å². The first kappa shape index (κ1) is 26.9. The summed E-state index contributed by atoms with van der Waals surface area (Å²) in [5.41, 5.74) is -0.398. The number of halogens is 4. The molecule has 0 bridgehead atoms. The minimum absolute atomic E-state index is 0.184. The van der Waals surface area contributed by atoms with Crippen LogP contribution in [0.25, 0.3) is 0 Å². The molecule has 11 heteroatoms. The van der Waals surface area contributed by atoms with Crippen LogP contribution in [0.5, 0.6) is 0 Å². The van der Waals surface area contributed by atoms with Crippen LogP contribution in [0.15, 0.2) is 82.6 Å². The lowest BCUT2D eigenvalue weighted by molar-refractivity contribution is -0.137. The Balaban J connectivity index is 1.81. The summed E-state index contributed by atoms with van der Waals surface area (Å²) in [6.07, 6.45) is -4.73. The highest BCUT2D eigenvalue weighted by Crippen LogP contribution is 2.37. The fraction of sp³-hybridized carbons (Fsp3) is 0.208. The molecule has 35 heavy (non-hydrogen) atoms. The van der Waals surface area contributed by atoms with Crippen LogP contribution in [-0.2, 0) is 21.0 Å². The second kappa shape index (κ2) is 11.4. The molecule has 0 saturated heterocycles. The van der Waals surface area contributed by atoms with Crippen molar-refractivity contribution in [3.8, 4) is 0 Å². The summed E-state index contributed by atoms with van der Waals surface area (Å²) in [6, 6.07) is 17.3. The SMILES string of the molecule is Cc1ccc(SCCNC(=O)CN(c2cc(C(F)(F)F)ccc2Cl)S(=O)(=O)c2ccccc2)cc1. The van der Waals surface area contributed by atoms with Gasteiger partial charge in [0.05, 0.1) is 21.2 Å². The van der Waals surface area contributed by atoms with Crippen molar-refractivity contribution in [2.24, 2.45) is 0 Å². The smallest absolute Gasteiger partial charge is 0.354 e. The number of benzene rings is 3. The van der Waals surface area contributed by atoms with Gasteiger partial charge in [-0.05, 0) is 49.4 Å². The van der Waals surface area contributed by atoms with E-state index in [9.17, 15) is 26.4 Å². The van der Waals surface area contributed by atoms with Crippen molar-refractivity contribution in [3.05, 3.63) is 88.9 Å². The summed E-state index contributed by atoms with van der Waals surface area (Å²) in [7, 11) is -4.40. The number of aryl methyl sites for hydroxylation is 1. The summed E-state index contributed by atoms with van der Waals surface area (Å²) < 4.78 is 67.2. The Morgan fingerprint density at radius 3 is 2.31 bits per heavy atom. The van der Waals surface area contributed by atoms with Crippen LogP contribution in [-0.4, -0.2) is 33.2 Å². The van der Waals surface area contributed by atoms with Crippen LogP contribution >= 0.6 is 23.4 Å². The number of hydrogen-bond donors (Lipinski definition) is 1. The molecule has 1 amide bonds. The van der Waals surface area contributed by atoms with Crippen LogP contribution < -0.4 is 9.62 Å². The van der Waals surface area contributed by atoms with Gasteiger partial charge in [-0.1, -0.05) is 47.5 Å². The fourth-order valence-corrected chi connectivity index (χ4v) is 5.57. The molecule has 0 unspecified atom stereocenters. The van der Waals surface area contributed by atoms with Gasteiger partial charge in [-0.2, -0.15) is 13.2 Å². The van der Waals surface area contributed by atoms with Crippen LogP contribution in [0, 0.1) is 6.92 Å². The summed E-state index contributed by atoms with van der Waals surface area (Å²) in [5.74, 6) is -0.160. The Labute approximate surface area is 211 Å². The van der Waals surface area contributed by atoms with E-state index in [1.54, 1.807) is 6.07 Å². The third-order valence-electron chi connectivity index (χ3n) is 4.87. The highest BCUT2D eigenvalue weighted by atomic mass is 35.5. The molecular formula is C24H22ClF3N2O3S2. The maximum atomic E-state index is 13.3.